The quantitative estimate of drug-likeness (QED) is 0.923. The number of nitrogens with zero attached hydrogens (tertiary/aromatic N) is 3. The van der Waals surface area contributed by atoms with E-state index in [1.807, 2.05) is 45.0 Å². The van der Waals surface area contributed by atoms with Crippen molar-refractivity contribution in [2.45, 2.75) is 38.8 Å². The fraction of sp³-hybridized carbons (Fsp3) is 0.471. The van der Waals surface area contributed by atoms with Crippen molar-refractivity contribution in [2.75, 3.05) is 18.0 Å². The molecule has 2 aromatic rings. The van der Waals surface area contributed by atoms with Crippen LogP contribution in [0.15, 0.2) is 30.6 Å². The molecule has 1 aliphatic heterocycles. The van der Waals surface area contributed by atoms with E-state index in [9.17, 15) is 4.79 Å². The van der Waals surface area contributed by atoms with Crippen LogP contribution >= 0.6 is 0 Å². The Hall–Kier alpha value is -2.37. The van der Waals surface area contributed by atoms with Crippen LogP contribution < -0.4 is 10.2 Å². The molecule has 1 atom stereocenters. The lowest BCUT2D eigenvalue weighted by atomic mass is 10.2. The average Bonchev–Trinajstić information content (AvgIpc) is 2.92. The van der Waals surface area contributed by atoms with Gasteiger partial charge in [0.25, 0.3) is 0 Å². The van der Waals surface area contributed by atoms with Crippen LogP contribution in [0.5, 0.6) is 0 Å². The minimum atomic E-state index is -0.481. The highest BCUT2D eigenvalue weighted by atomic mass is 16.6. The molecule has 1 aliphatic rings. The van der Waals surface area contributed by atoms with Gasteiger partial charge in [0.1, 0.15) is 17.7 Å². The second-order valence-electron chi connectivity index (χ2n) is 6.79. The fourth-order valence-corrected chi connectivity index (χ4v) is 2.79. The van der Waals surface area contributed by atoms with E-state index in [2.05, 4.69) is 20.2 Å². The molecule has 0 aliphatic carbocycles. The number of carbonyl (C=O) groups excluding carboxylic acids is 1. The summed E-state index contributed by atoms with van der Waals surface area (Å²) in [5, 5.41) is 3.97. The predicted octanol–water partition coefficient (Wildman–Crippen LogP) is 2.73. The van der Waals surface area contributed by atoms with E-state index in [1.165, 1.54) is 0 Å². The highest BCUT2D eigenvalue weighted by molar-refractivity contribution is 5.89. The summed E-state index contributed by atoms with van der Waals surface area (Å²) in [5.74, 6) is 0.920. The molecule has 6 heteroatoms. The molecule has 122 valence electrons. The van der Waals surface area contributed by atoms with Crippen molar-refractivity contribution < 1.29 is 9.53 Å². The third-order valence-electron chi connectivity index (χ3n) is 3.73. The zero-order valence-corrected chi connectivity index (χ0v) is 13.7. The number of fused-ring (bicyclic) bond motifs is 1. The molecule has 1 N–H and O–H groups in total. The van der Waals surface area contributed by atoms with E-state index in [-0.39, 0.29) is 12.1 Å². The van der Waals surface area contributed by atoms with Crippen molar-refractivity contribution in [3.8, 4) is 0 Å². The van der Waals surface area contributed by atoms with Crippen molar-refractivity contribution in [3.05, 3.63) is 30.6 Å². The fourth-order valence-electron chi connectivity index (χ4n) is 2.79. The Morgan fingerprint density at radius 3 is 2.87 bits per heavy atom. The molecule has 0 saturated carbocycles. The Morgan fingerprint density at radius 1 is 1.30 bits per heavy atom. The molecule has 3 rings (SSSR count). The normalized spacial score (nSPS) is 18.2. The number of hydrogen-bond donors (Lipinski definition) is 1. The second kappa shape index (κ2) is 6.02. The highest BCUT2D eigenvalue weighted by Gasteiger charge is 2.27. The molecule has 2 heterocycles. The molecule has 23 heavy (non-hydrogen) atoms. The lowest BCUT2D eigenvalue weighted by Crippen LogP contribution is -2.40. The van der Waals surface area contributed by atoms with Gasteiger partial charge in [-0.15, -0.1) is 0 Å². The van der Waals surface area contributed by atoms with Crippen molar-refractivity contribution in [1.82, 2.24) is 15.3 Å². The van der Waals surface area contributed by atoms with Crippen LogP contribution in [0.4, 0.5) is 10.6 Å². The third-order valence-corrected chi connectivity index (χ3v) is 3.73. The first-order valence-corrected chi connectivity index (χ1v) is 7.86. The van der Waals surface area contributed by atoms with E-state index in [0.717, 1.165) is 36.2 Å². The molecule has 1 saturated heterocycles. The number of alkyl carbamates (subject to hydrolysis) is 1. The summed E-state index contributed by atoms with van der Waals surface area (Å²) in [6, 6.07) is 8.03. The first kappa shape index (κ1) is 15.5. The van der Waals surface area contributed by atoms with Gasteiger partial charge < -0.3 is 15.0 Å². The van der Waals surface area contributed by atoms with Gasteiger partial charge in [0.2, 0.25) is 0 Å². The lowest BCUT2D eigenvalue weighted by molar-refractivity contribution is 0.0509. The maximum absolute atomic E-state index is 11.9. The van der Waals surface area contributed by atoms with E-state index in [4.69, 9.17) is 4.74 Å². The van der Waals surface area contributed by atoms with Gasteiger partial charge in [-0.05, 0) is 39.3 Å². The standard InChI is InChI=1S/C17H22N4O2/c1-17(2,3)23-16(22)20-12-8-9-21(10-12)15-13-6-4-5-7-14(13)18-11-19-15/h4-7,11-12H,8-10H2,1-3H3,(H,20,22)/t12-/m1/s1. The minimum absolute atomic E-state index is 0.0681. The molecular formula is C17H22N4O2. The van der Waals surface area contributed by atoms with Crippen LogP contribution in [-0.4, -0.2) is 40.8 Å². The van der Waals surface area contributed by atoms with Gasteiger partial charge in [0, 0.05) is 18.5 Å². The third kappa shape index (κ3) is 3.70. The summed E-state index contributed by atoms with van der Waals surface area (Å²) in [5.41, 5.74) is 0.451. The van der Waals surface area contributed by atoms with Crippen molar-refractivity contribution >= 4 is 22.8 Å². The Labute approximate surface area is 135 Å². The molecule has 0 bridgehead atoms. The first-order chi connectivity index (χ1) is 10.9. The summed E-state index contributed by atoms with van der Waals surface area (Å²) in [4.78, 5) is 22.8. The lowest BCUT2D eigenvalue weighted by Gasteiger charge is -2.22. The number of amides is 1. The predicted molar refractivity (Wildman–Crippen MR) is 89.5 cm³/mol. The van der Waals surface area contributed by atoms with Gasteiger partial charge in [0.15, 0.2) is 0 Å². The molecule has 0 unspecified atom stereocenters. The number of aromatic nitrogens is 2. The first-order valence-electron chi connectivity index (χ1n) is 7.86. The molecule has 1 fully saturated rings. The summed E-state index contributed by atoms with van der Waals surface area (Å²) < 4.78 is 5.32. The van der Waals surface area contributed by atoms with E-state index >= 15 is 0 Å². The van der Waals surface area contributed by atoms with E-state index in [1.54, 1.807) is 6.33 Å². The zero-order valence-electron chi connectivity index (χ0n) is 13.7. The molecule has 1 aromatic heterocycles. The minimum Gasteiger partial charge on any atom is -0.444 e. The van der Waals surface area contributed by atoms with Crippen molar-refractivity contribution in [2.24, 2.45) is 0 Å². The Kier molecular flexibility index (Phi) is 4.07. The maximum atomic E-state index is 11.9. The topological polar surface area (TPSA) is 67.3 Å². The molecule has 6 nitrogen and oxygen atoms in total. The van der Waals surface area contributed by atoms with E-state index in [0.29, 0.717) is 0 Å². The van der Waals surface area contributed by atoms with Crippen LogP contribution in [0.1, 0.15) is 27.2 Å². The Balaban J connectivity index is 1.69. The van der Waals surface area contributed by atoms with Crippen LogP contribution in [0.25, 0.3) is 10.9 Å². The molecule has 1 aromatic carbocycles. The summed E-state index contributed by atoms with van der Waals surface area (Å²) in [6.07, 6.45) is 2.10. The largest absolute Gasteiger partial charge is 0.444 e. The van der Waals surface area contributed by atoms with Crippen molar-refractivity contribution in [3.63, 3.8) is 0 Å². The number of rotatable bonds is 2. The van der Waals surface area contributed by atoms with Crippen molar-refractivity contribution in [1.29, 1.82) is 0 Å². The number of ether oxygens (including phenoxy) is 1. The number of anilines is 1. The SMILES string of the molecule is CC(C)(C)OC(=O)N[C@@H]1CCN(c2ncnc3ccccc23)C1. The Morgan fingerprint density at radius 2 is 2.09 bits per heavy atom. The number of hydrogen-bond acceptors (Lipinski definition) is 5. The summed E-state index contributed by atoms with van der Waals surface area (Å²) in [7, 11) is 0. The number of para-hydroxylation sites is 1. The molecule has 0 spiro atoms. The number of carbonyl (C=O) groups is 1. The van der Waals surface area contributed by atoms with Gasteiger partial charge in [-0.1, -0.05) is 12.1 Å². The van der Waals surface area contributed by atoms with Gasteiger partial charge in [0.05, 0.1) is 11.6 Å². The van der Waals surface area contributed by atoms with Crippen LogP contribution in [-0.2, 0) is 4.74 Å². The van der Waals surface area contributed by atoms with Gasteiger partial charge in [-0.3, -0.25) is 0 Å². The number of benzene rings is 1. The Bertz CT molecular complexity index is 706. The average molecular weight is 314 g/mol. The molecule has 1 amide bonds. The van der Waals surface area contributed by atoms with Gasteiger partial charge in [-0.2, -0.15) is 0 Å². The highest BCUT2D eigenvalue weighted by Crippen LogP contribution is 2.25. The zero-order chi connectivity index (χ0) is 16.4. The van der Waals surface area contributed by atoms with E-state index < -0.39 is 5.60 Å². The smallest absolute Gasteiger partial charge is 0.407 e. The van der Waals surface area contributed by atoms with Gasteiger partial charge >= 0.3 is 6.09 Å². The van der Waals surface area contributed by atoms with Crippen LogP contribution in [0, 0.1) is 0 Å². The second-order valence-corrected chi connectivity index (χ2v) is 6.79. The molecule has 0 radical (unpaired) electrons. The summed E-state index contributed by atoms with van der Waals surface area (Å²) >= 11 is 0. The van der Waals surface area contributed by atoms with Gasteiger partial charge in [-0.25, -0.2) is 14.8 Å². The maximum Gasteiger partial charge on any atom is 0.407 e. The summed E-state index contributed by atoms with van der Waals surface area (Å²) in [6.45, 7) is 7.16. The number of nitrogens with one attached hydrogen (secondary N) is 1. The van der Waals surface area contributed by atoms with Crippen LogP contribution in [0.3, 0.4) is 0 Å². The monoisotopic (exact) mass is 314 g/mol. The molecular weight excluding hydrogens is 292 g/mol. The van der Waals surface area contributed by atoms with Crippen LogP contribution in [0.2, 0.25) is 0 Å².